The van der Waals surface area contributed by atoms with Gasteiger partial charge in [0.05, 0.1) is 6.10 Å². The number of nitrogens with zero attached hydrogens (tertiary/aromatic N) is 1. The van der Waals surface area contributed by atoms with Gasteiger partial charge in [-0.1, -0.05) is 6.07 Å². The van der Waals surface area contributed by atoms with Crippen LogP contribution in [0.5, 0.6) is 0 Å². The Morgan fingerprint density at radius 1 is 1.35 bits per heavy atom. The zero-order chi connectivity index (χ0) is 12.1. The van der Waals surface area contributed by atoms with Crippen LogP contribution >= 0.6 is 0 Å². The van der Waals surface area contributed by atoms with Gasteiger partial charge in [-0.25, -0.2) is 0 Å². The quantitative estimate of drug-likeness (QED) is 0.869. The lowest BCUT2D eigenvalue weighted by molar-refractivity contribution is 0.0614. The Morgan fingerprint density at radius 3 is 2.71 bits per heavy atom. The van der Waals surface area contributed by atoms with Crippen LogP contribution in [0.4, 0.5) is 0 Å². The maximum absolute atomic E-state index is 5.39. The third-order valence-corrected chi connectivity index (χ3v) is 3.68. The maximum atomic E-state index is 5.39. The normalized spacial score (nSPS) is 26.7. The summed E-state index contributed by atoms with van der Waals surface area (Å²) in [5.41, 5.74) is 1.27. The van der Waals surface area contributed by atoms with Crippen LogP contribution in [0, 0.1) is 0 Å². The number of methoxy groups -OCH3 is 1. The summed E-state index contributed by atoms with van der Waals surface area (Å²) in [5.74, 6) is 0. The molecular weight excluding hydrogens is 212 g/mol. The van der Waals surface area contributed by atoms with Gasteiger partial charge >= 0.3 is 0 Å². The highest BCUT2D eigenvalue weighted by atomic mass is 16.5. The van der Waals surface area contributed by atoms with Gasteiger partial charge in [0.1, 0.15) is 0 Å². The van der Waals surface area contributed by atoms with Gasteiger partial charge < -0.3 is 10.1 Å². The van der Waals surface area contributed by atoms with Gasteiger partial charge in [0.25, 0.3) is 0 Å². The lowest BCUT2D eigenvalue weighted by Gasteiger charge is -2.30. The molecule has 0 amide bonds. The van der Waals surface area contributed by atoms with Crippen LogP contribution in [0.15, 0.2) is 24.5 Å². The summed E-state index contributed by atoms with van der Waals surface area (Å²) < 4.78 is 5.39. The zero-order valence-electron chi connectivity index (χ0n) is 10.7. The van der Waals surface area contributed by atoms with Gasteiger partial charge in [-0.15, -0.1) is 0 Å². The van der Waals surface area contributed by atoms with E-state index in [9.17, 15) is 0 Å². The van der Waals surface area contributed by atoms with E-state index in [4.69, 9.17) is 4.74 Å². The van der Waals surface area contributed by atoms with E-state index in [1.54, 1.807) is 0 Å². The van der Waals surface area contributed by atoms with Crippen molar-refractivity contribution in [2.45, 2.75) is 50.8 Å². The summed E-state index contributed by atoms with van der Waals surface area (Å²) in [6.45, 7) is 2.21. The molecule has 0 saturated heterocycles. The fourth-order valence-corrected chi connectivity index (χ4v) is 2.55. The van der Waals surface area contributed by atoms with Crippen molar-refractivity contribution in [2.75, 3.05) is 7.11 Å². The zero-order valence-corrected chi connectivity index (χ0v) is 10.7. The molecule has 0 aromatic carbocycles. The fraction of sp³-hybridized carbons (Fsp3) is 0.643. The van der Waals surface area contributed by atoms with Crippen molar-refractivity contribution in [1.82, 2.24) is 10.3 Å². The van der Waals surface area contributed by atoms with Crippen LogP contribution < -0.4 is 5.32 Å². The minimum atomic E-state index is 0.382. The largest absolute Gasteiger partial charge is 0.381 e. The van der Waals surface area contributed by atoms with Crippen LogP contribution in [0.1, 0.15) is 44.2 Å². The van der Waals surface area contributed by atoms with Crippen molar-refractivity contribution >= 4 is 0 Å². The van der Waals surface area contributed by atoms with E-state index in [0.29, 0.717) is 18.2 Å². The molecule has 1 aromatic heterocycles. The monoisotopic (exact) mass is 234 g/mol. The Labute approximate surface area is 104 Å². The molecule has 1 N–H and O–H groups in total. The van der Waals surface area contributed by atoms with E-state index in [1.807, 2.05) is 25.6 Å². The highest BCUT2D eigenvalue weighted by Gasteiger charge is 2.22. The van der Waals surface area contributed by atoms with Gasteiger partial charge in [0.2, 0.25) is 0 Å². The van der Waals surface area contributed by atoms with Gasteiger partial charge in [-0.3, -0.25) is 4.98 Å². The second-order valence-electron chi connectivity index (χ2n) is 4.88. The summed E-state index contributed by atoms with van der Waals surface area (Å²) in [6, 6.07) is 5.13. The molecule has 17 heavy (non-hydrogen) atoms. The van der Waals surface area contributed by atoms with E-state index in [0.717, 1.165) is 0 Å². The van der Waals surface area contributed by atoms with Crippen molar-refractivity contribution in [3.8, 4) is 0 Å². The van der Waals surface area contributed by atoms with Crippen molar-refractivity contribution in [1.29, 1.82) is 0 Å². The third-order valence-electron chi connectivity index (χ3n) is 3.68. The van der Waals surface area contributed by atoms with Gasteiger partial charge in [0.15, 0.2) is 0 Å². The number of aromatic nitrogens is 1. The van der Waals surface area contributed by atoms with E-state index in [1.165, 1.54) is 31.2 Å². The maximum Gasteiger partial charge on any atom is 0.0572 e. The molecule has 1 saturated carbocycles. The molecular formula is C14H22N2O. The number of hydrogen-bond acceptors (Lipinski definition) is 3. The highest BCUT2D eigenvalue weighted by molar-refractivity contribution is 5.13. The Bertz CT molecular complexity index is 320. The Morgan fingerprint density at radius 2 is 2.12 bits per heavy atom. The predicted octanol–water partition coefficient (Wildman–Crippen LogP) is 2.69. The van der Waals surface area contributed by atoms with Crippen molar-refractivity contribution < 1.29 is 4.74 Å². The molecule has 3 heteroatoms. The van der Waals surface area contributed by atoms with E-state index >= 15 is 0 Å². The topological polar surface area (TPSA) is 34.1 Å². The van der Waals surface area contributed by atoms with Crippen molar-refractivity contribution in [2.24, 2.45) is 0 Å². The molecule has 1 atom stereocenters. The van der Waals surface area contributed by atoms with Gasteiger partial charge in [0, 0.05) is 31.6 Å². The standard InChI is InChI=1S/C14H22N2O/c1-11(12-4-3-9-15-10-12)16-13-5-7-14(17-2)8-6-13/h3-4,9-11,13-14,16H,5-8H2,1-2H3/t11-,13?,14?/m0/s1. The predicted molar refractivity (Wildman–Crippen MR) is 68.8 cm³/mol. The molecule has 1 aromatic rings. The average molecular weight is 234 g/mol. The first kappa shape index (κ1) is 12.5. The second kappa shape index (κ2) is 6.12. The van der Waals surface area contributed by atoms with Gasteiger partial charge in [-0.2, -0.15) is 0 Å². The third kappa shape index (κ3) is 3.51. The molecule has 1 aliphatic rings. The molecule has 0 unspecified atom stereocenters. The molecule has 0 radical (unpaired) electrons. The van der Waals surface area contributed by atoms with Crippen LogP contribution in [-0.2, 0) is 4.74 Å². The van der Waals surface area contributed by atoms with E-state index in [-0.39, 0.29) is 0 Å². The van der Waals surface area contributed by atoms with Crippen LogP contribution in [0.3, 0.4) is 0 Å². The minimum absolute atomic E-state index is 0.382. The van der Waals surface area contributed by atoms with Crippen LogP contribution in [0.25, 0.3) is 0 Å². The molecule has 94 valence electrons. The van der Waals surface area contributed by atoms with Gasteiger partial charge in [-0.05, 0) is 44.2 Å². The van der Waals surface area contributed by atoms with E-state index in [2.05, 4.69) is 23.3 Å². The molecule has 1 heterocycles. The first-order chi connectivity index (χ1) is 8.29. The summed E-state index contributed by atoms with van der Waals surface area (Å²) in [6.07, 6.45) is 9.01. The lowest BCUT2D eigenvalue weighted by Crippen LogP contribution is -2.36. The summed E-state index contributed by atoms with van der Waals surface area (Å²) in [5, 5.41) is 3.68. The molecule has 1 fully saturated rings. The first-order valence-corrected chi connectivity index (χ1v) is 6.48. The molecule has 0 bridgehead atoms. The number of hydrogen-bond donors (Lipinski definition) is 1. The molecule has 0 spiro atoms. The number of ether oxygens (including phenoxy) is 1. The fourth-order valence-electron chi connectivity index (χ4n) is 2.55. The number of pyridine rings is 1. The Balaban J connectivity index is 1.82. The summed E-state index contributed by atoms with van der Waals surface area (Å²) >= 11 is 0. The SMILES string of the molecule is COC1CCC(N[C@@H](C)c2cccnc2)CC1. The Kier molecular flexibility index (Phi) is 4.51. The number of rotatable bonds is 4. The lowest BCUT2D eigenvalue weighted by atomic mass is 9.92. The Hall–Kier alpha value is -0.930. The van der Waals surface area contributed by atoms with Crippen molar-refractivity contribution in [3.63, 3.8) is 0 Å². The highest BCUT2D eigenvalue weighted by Crippen LogP contribution is 2.23. The average Bonchev–Trinajstić information content (AvgIpc) is 2.40. The smallest absolute Gasteiger partial charge is 0.0572 e. The van der Waals surface area contributed by atoms with Crippen LogP contribution in [-0.4, -0.2) is 24.2 Å². The first-order valence-electron chi connectivity index (χ1n) is 6.48. The second-order valence-corrected chi connectivity index (χ2v) is 4.88. The molecule has 3 nitrogen and oxygen atoms in total. The minimum Gasteiger partial charge on any atom is -0.381 e. The van der Waals surface area contributed by atoms with E-state index < -0.39 is 0 Å². The molecule has 2 rings (SSSR count). The summed E-state index contributed by atoms with van der Waals surface area (Å²) in [7, 11) is 1.82. The van der Waals surface area contributed by atoms with Crippen LogP contribution in [0.2, 0.25) is 0 Å². The summed E-state index contributed by atoms with van der Waals surface area (Å²) in [4.78, 5) is 4.16. The molecule has 0 aliphatic heterocycles. The van der Waals surface area contributed by atoms with Crippen molar-refractivity contribution in [3.05, 3.63) is 30.1 Å². The number of nitrogens with one attached hydrogen (secondary N) is 1. The molecule has 1 aliphatic carbocycles.